The molecule has 0 spiro atoms. The Hall–Kier alpha value is -1.14. The lowest BCUT2D eigenvalue weighted by Gasteiger charge is -2.08. The number of carbonyl (C=O) groups is 2. The molecule has 0 atom stereocenters. The first kappa shape index (κ1) is 37.9. The van der Waals surface area contributed by atoms with Crippen LogP contribution in [0.3, 0.4) is 0 Å². The van der Waals surface area contributed by atoms with Gasteiger partial charge in [-0.15, -0.1) is 0 Å². The predicted molar refractivity (Wildman–Crippen MR) is 165 cm³/mol. The second kappa shape index (κ2) is 33.1. The molecule has 0 saturated heterocycles. The Kier molecular flexibility index (Phi) is 32.1. The van der Waals surface area contributed by atoms with Gasteiger partial charge in [-0.1, -0.05) is 129 Å². The van der Waals surface area contributed by atoms with Gasteiger partial charge in [0, 0.05) is 13.1 Å². The highest BCUT2D eigenvalue weighted by atomic mass is 16.5. The van der Waals surface area contributed by atoms with Gasteiger partial charge >= 0.3 is 11.9 Å². The van der Waals surface area contributed by atoms with Crippen LogP contribution in [0.2, 0.25) is 0 Å². The van der Waals surface area contributed by atoms with Crippen LogP contribution in [0.4, 0.5) is 0 Å². The Morgan fingerprint density at radius 3 is 1.05 bits per heavy atom. The van der Waals surface area contributed by atoms with Crippen molar-refractivity contribution < 1.29 is 19.1 Å². The summed E-state index contributed by atoms with van der Waals surface area (Å²) < 4.78 is 10.7. The zero-order valence-corrected chi connectivity index (χ0v) is 26.1. The van der Waals surface area contributed by atoms with Crippen LogP contribution in [0, 0.1) is 0 Å². The van der Waals surface area contributed by atoms with Gasteiger partial charge in [-0.2, -0.15) is 0 Å². The van der Waals surface area contributed by atoms with E-state index < -0.39 is 0 Å². The van der Waals surface area contributed by atoms with Gasteiger partial charge in [-0.3, -0.25) is 9.59 Å². The molecule has 232 valence electrons. The van der Waals surface area contributed by atoms with Crippen LogP contribution in [0.15, 0.2) is 0 Å². The summed E-state index contributed by atoms with van der Waals surface area (Å²) in [5.74, 6) is -0.208. The van der Waals surface area contributed by atoms with Crippen LogP contribution in [0.1, 0.15) is 162 Å². The van der Waals surface area contributed by atoms with Crippen molar-refractivity contribution in [2.45, 2.75) is 162 Å². The van der Waals surface area contributed by atoms with Crippen LogP contribution in [-0.4, -0.2) is 51.3 Å². The summed E-state index contributed by atoms with van der Waals surface area (Å²) in [5.41, 5.74) is 0. The SMILES string of the molecule is CCCCCCCCCCCCOC(=O)CCNCCCNCCC(=O)OCCCCCCCCCCCC. The van der Waals surface area contributed by atoms with E-state index in [4.69, 9.17) is 9.47 Å². The molecule has 6 heteroatoms. The second-order valence-electron chi connectivity index (χ2n) is 11.2. The monoisotopic (exact) mass is 555 g/mol. The standard InChI is InChI=1S/C33H66N2O4/c1-3-5-7-9-11-13-15-17-19-21-30-38-32(36)24-28-34-26-23-27-35-29-25-33(37)39-31-22-20-18-16-14-12-10-8-6-4-2/h34-35H,3-31H2,1-2H3. The minimum Gasteiger partial charge on any atom is -0.466 e. The van der Waals surface area contributed by atoms with Crippen molar-refractivity contribution in [1.82, 2.24) is 10.6 Å². The van der Waals surface area contributed by atoms with Gasteiger partial charge in [-0.25, -0.2) is 0 Å². The fraction of sp³-hybridized carbons (Fsp3) is 0.939. The van der Waals surface area contributed by atoms with Crippen molar-refractivity contribution in [2.24, 2.45) is 0 Å². The summed E-state index contributed by atoms with van der Waals surface area (Å²) >= 11 is 0. The van der Waals surface area contributed by atoms with Gasteiger partial charge in [0.15, 0.2) is 0 Å². The molecule has 0 aromatic rings. The average molecular weight is 555 g/mol. The maximum Gasteiger partial charge on any atom is 0.307 e. The van der Waals surface area contributed by atoms with E-state index >= 15 is 0 Å². The summed E-state index contributed by atoms with van der Waals surface area (Å²) in [5, 5.41) is 6.58. The number of rotatable bonds is 32. The van der Waals surface area contributed by atoms with Crippen molar-refractivity contribution in [3.8, 4) is 0 Å². The topological polar surface area (TPSA) is 76.7 Å². The fourth-order valence-electron chi connectivity index (χ4n) is 4.66. The van der Waals surface area contributed by atoms with E-state index in [0.29, 0.717) is 39.1 Å². The van der Waals surface area contributed by atoms with Crippen LogP contribution >= 0.6 is 0 Å². The van der Waals surface area contributed by atoms with Crippen LogP contribution in [0.5, 0.6) is 0 Å². The minimum atomic E-state index is -0.104. The molecule has 0 heterocycles. The van der Waals surface area contributed by atoms with Crippen molar-refractivity contribution >= 4 is 11.9 Å². The third kappa shape index (κ3) is 33.0. The number of ether oxygens (including phenoxy) is 2. The van der Waals surface area contributed by atoms with Crippen molar-refractivity contribution in [3.05, 3.63) is 0 Å². The molecular formula is C33H66N2O4. The van der Waals surface area contributed by atoms with E-state index in [1.54, 1.807) is 0 Å². The third-order valence-corrected chi connectivity index (χ3v) is 7.24. The quantitative estimate of drug-likeness (QED) is 0.0644. The van der Waals surface area contributed by atoms with E-state index in [2.05, 4.69) is 24.5 Å². The third-order valence-electron chi connectivity index (χ3n) is 7.24. The van der Waals surface area contributed by atoms with Crippen LogP contribution in [-0.2, 0) is 19.1 Å². The zero-order chi connectivity index (χ0) is 28.5. The molecule has 2 N–H and O–H groups in total. The Labute approximate surface area is 242 Å². The first-order chi connectivity index (χ1) is 19.2. The first-order valence-corrected chi connectivity index (χ1v) is 16.9. The molecule has 6 nitrogen and oxygen atoms in total. The Bertz CT molecular complexity index is 472. The van der Waals surface area contributed by atoms with Gasteiger partial charge in [-0.05, 0) is 32.4 Å². The molecule has 0 rings (SSSR count). The molecule has 0 aromatic heterocycles. The zero-order valence-electron chi connectivity index (χ0n) is 26.1. The van der Waals surface area contributed by atoms with E-state index in [-0.39, 0.29) is 11.9 Å². The number of carbonyl (C=O) groups excluding carboxylic acids is 2. The highest BCUT2D eigenvalue weighted by Gasteiger charge is 2.04. The Balaban J connectivity index is 3.24. The maximum atomic E-state index is 11.8. The molecule has 0 amide bonds. The van der Waals surface area contributed by atoms with E-state index in [1.165, 1.54) is 103 Å². The molecule has 39 heavy (non-hydrogen) atoms. The lowest BCUT2D eigenvalue weighted by Crippen LogP contribution is -2.26. The van der Waals surface area contributed by atoms with Crippen molar-refractivity contribution in [2.75, 3.05) is 39.4 Å². The summed E-state index contributed by atoms with van der Waals surface area (Å²) in [4.78, 5) is 23.6. The van der Waals surface area contributed by atoms with Crippen LogP contribution < -0.4 is 10.6 Å². The maximum absolute atomic E-state index is 11.8. The molecule has 0 radical (unpaired) electrons. The molecule has 0 unspecified atom stereocenters. The lowest BCUT2D eigenvalue weighted by molar-refractivity contribution is -0.144. The predicted octanol–water partition coefficient (Wildman–Crippen LogP) is 8.26. The fourth-order valence-corrected chi connectivity index (χ4v) is 4.66. The van der Waals surface area contributed by atoms with E-state index in [0.717, 1.165) is 45.2 Å². The summed E-state index contributed by atoms with van der Waals surface area (Å²) in [6.07, 6.45) is 27.5. The number of unbranched alkanes of at least 4 members (excludes halogenated alkanes) is 18. The van der Waals surface area contributed by atoms with E-state index in [1.807, 2.05) is 0 Å². The smallest absolute Gasteiger partial charge is 0.307 e. The highest BCUT2D eigenvalue weighted by Crippen LogP contribution is 2.11. The summed E-state index contributed by atoms with van der Waals surface area (Å²) in [6.45, 7) is 8.63. The van der Waals surface area contributed by atoms with Gasteiger partial charge in [0.25, 0.3) is 0 Å². The molecule has 0 bridgehead atoms. The van der Waals surface area contributed by atoms with Gasteiger partial charge < -0.3 is 20.1 Å². The number of esters is 2. The van der Waals surface area contributed by atoms with Crippen LogP contribution in [0.25, 0.3) is 0 Å². The number of hydrogen-bond acceptors (Lipinski definition) is 6. The molecule has 0 aliphatic heterocycles. The summed E-state index contributed by atoms with van der Waals surface area (Å²) in [7, 11) is 0. The normalized spacial score (nSPS) is 11.1. The van der Waals surface area contributed by atoms with Gasteiger partial charge in [0.05, 0.1) is 26.1 Å². The Morgan fingerprint density at radius 2 is 0.718 bits per heavy atom. The molecule has 0 aliphatic carbocycles. The Morgan fingerprint density at radius 1 is 0.410 bits per heavy atom. The summed E-state index contributed by atoms with van der Waals surface area (Å²) in [6, 6.07) is 0. The second-order valence-corrected chi connectivity index (χ2v) is 11.2. The van der Waals surface area contributed by atoms with Crippen molar-refractivity contribution in [1.29, 1.82) is 0 Å². The van der Waals surface area contributed by atoms with Crippen molar-refractivity contribution in [3.63, 3.8) is 0 Å². The molecule has 0 saturated carbocycles. The number of hydrogen-bond donors (Lipinski definition) is 2. The molecule has 0 fully saturated rings. The molecular weight excluding hydrogens is 488 g/mol. The lowest BCUT2D eigenvalue weighted by atomic mass is 10.1. The number of nitrogens with one attached hydrogen (secondary N) is 2. The molecule has 0 aliphatic rings. The van der Waals surface area contributed by atoms with Gasteiger partial charge in [0.2, 0.25) is 0 Å². The first-order valence-electron chi connectivity index (χ1n) is 16.9. The molecule has 0 aromatic carbocycles. The highest BCUT2D eigenvalue weighted by molar-refractivity contribution is 5.69. The largest absolute Gasteiger partial charge is 0.466 e. The van der Waals surface area contributed by atoms with E-state index in [9.17, 15) is 9.59 Å². The minimum absolute atomic E-state index is 0.104. The average Bonchev–Trinajstić information content (AvgIpc) is 2.93. The van der Waals surface area contributed by atoms with Gasteiger partial charge in [0.1, 0.15) is 0 Å².